The summed E-state index contributed by atoms with van der Waals surface area (Å²) in [6, 6.07) is 15.5. The van der Waals surface area contributed by atoms with Crippen molar-refractivity contribution in [2.45, 2.75) is 12.8 Å². The van der Waals surface area contributed by atoms with E-state index in [9.17, 15) is 10.1 Å². The minimum atomic E-state index is -0.537. The van der Waals surface area contributed by atoms with E-state index in [0.717, 1.165) is 34.6 Å². The van der Waals surface area contributed by atoms with E-state index in [1.807, 2.05) is 19.2 Å². The molecule has 2 aromatic carbocycles. The number of aromatic nitrogens is 2. The van der Waals surface area contributed by atoms with Crippen LogP contribution in [0.1, 0.15) is 27.2 Å². The van der Waals surface area contributed by atoms with E-state index in [0.29, 0.717) is 17.7 Å². The van der Waals surface area contributed by atoms with Gasteiger partial charge < -0.3 is 11.1 Å². The molecule has 128 valence electrons. The standard InChI is InChI=1S/C20H17N5O/c1-23-14-7-5-13-6-8-16-18(20(22)26)24-25(19(16)17(13)10-14)15-4-2-3-12(9-15)11-21/h2-5,7,9-10,23H,6,8H2,1H3,(H2,22,26). The number of fused-ring (bicyclic) bond motifs is 3. The van der Waals surface area contributed by atoms with Crippen LogP contribution in [0.25, 0.3) is 16.9 Å². The fourth-order valence-corrected chi connectivity index (χ4v) is 3.49. The van der Waals surface area contributed by atoms with Gasteiger partial charge in [-0.15, -0.1) is 0 Å². The average molecular weight is 343 g/mol. The maximum absolute atomic E-state index is 12.0. The lowest BCUT2D eigenvalue weighted by Crippen LogP contribution is -2.15. The van der Waals surface area contributed by atoms with E-state index < -0.39 is 5.91 Å². The highest BCUT2D eigenvalue weighted by atomic mass is 16.1. The summed E-state index contributed by atoms with van der Waals surface area (Å²) in [5.74, 6) is -0.537. The van der Waals surface area contributed by atoms with Gasteiger partial charge in [0.1, 0.15) is 0 Å². The Morgan fingerprint density at radius 2 is 2.12 bits per heavy atom. The van der Waals surface area contributed by atoms with Crippen LogP contribution in [0, 0.1) is 11.3 Å². The van der Waals surface area contributed by atoms with E-state index >= 15 is 0 Å². The zero-order chi connectivity index (χ0) is 18.3. The van der Waals surface area contributed by atoms with Crippen LogP contribution in [0.4, 0.5) is 5.69 Å². The van der Waals surface area contributed by atoms with Gasteiger partial charge in [-0.1, -0.05) is 12.1 Å². The lowest BCUT2D eigenvalue weighted by atomic mass is 9.88. The second-order valence-corrected chi connectivity index (χ2v) is 6.24. The Labute approximate surface area is 150 Å². The summed E-state index contributed by atoms with van der Waals surface area (Å²) < 4.78 is 1.73. The van der Waals surface area contributed by atoms with Crippen LogP contribution < -0.4 is 11.1 Å². The van der Waals surface area contributed by atoms with E-state index in [4.69, 9.17) is 5.73 Å². The molecular formula is C20H17N5O. The van der Waals surface area contributed by atoms with Crippen molar-refractivity contribution < 1.29 is 4.79 Å². The molecule has 0 atom stereocenters. The summed E-state index contributed by atoms with van der Waals surface area (Å²) in [6.07, 6.45) is 1.54. The van der Waals surface area contributed by atoms with Gasteiger partial charge in [-0.25, -0.2) is 4.68 Å². The third kappa shape index (κ3) is 2.42. The Hall–Kier alpha value is -3.59. The number of carbonyl (C=O) groups excluding carboxylic acids is 1. The maximum Gasteiger partial charge on any atom is 0.269 e. The third-order valence-corrected chi connectivity index (χ3v) is 4.73. The van der Waals surface area contributed by atoms with Gasteiger partial charge >= 0.3 is 0 Å². The van der Waals surface area contributed by atoms with Crippen molar-refractivity contribution in [2.75, 3.05) is 12.4 Å². The van der Waals surface area contributed by atoms with Crippen LogP contribution in [0.3, 0.4) is 0 Å². The van der Waals surface area contributed by atoms with Crippen molar-refractivity contribution >= 4 is 11.6 Å². The van der Waals surface area contributed by atoms with Crippen LogP contribution in [-0.4, -0.2) is 22.7 Å². The average Bonchev–Trinajstić information content (AvgIpc) is 3.08. The van der Waals surface area contributed by atoms with E-state index in [1.54, 1.807) is 22.9 Å². The predicted molar refractivity (Wildman–Crippen MR) is 99.2 cm³/mol. The molecule has 1 amide bonds. The molecule has 6 heteroatoms. The molecule has 3 N–H and O–H groups in total. The van der Waals surface area contributed by atoms with E-state index in [1.165, 1.54) is 5.56 Å². The van der Waals surface area contributed by atoms with Crippen molar-refractivity contribution in [2.24, 2.45) is 5.73 Å². The van der Waals surface area contributed by atoms with Crippen LogP contribution in [0.5, 0.6) is 0 Å². The minimum Gasteiger partial charge on any atom is -0.388 e. The molecule has 0 aliphatic heterocycles. The highest BCUT2D eigenvalue weighted by Gasteiger charge is 2.28. The Morgan fingerprint density at radius 3 is 2.85 bits per heavy atom. The first kappa shape index (κ1) is 15.9. The molecule has 1 aliphatic rings. The zero-order valence-corrected chi connectivity index (χ0v) is 14.3. The number of nitrogens with zero attached hydrogens (tertiary/aromatic N) is 3. The summed E-state index contributed by atoms with van der Waals surface area (Å²) in [5.41, 5.74) is 12.1. The van der Waals surface area contributed by atoms with Crippen molar-refractivity contribution in [3.63, 3.8) is 0 Å². The molecule has 1 aliphatic carbocycles. The number of benzene rings is 2. The Bertz CT molecular complexity index is 1070. The first-order chi connectivity index (χ1) is 12.6. The van der Waals surface area contributed by atoms with Gasteiger partial charge in [0.15, 0.2) is 5.69 Å². The zero-order valence-electron chi connectivity index (χ0n) is 14.3. The number of nitriles is 1. The Kier molecular flexibility index (Phi) is 3.70. The molecular weight excluding hydrogens is 326 g/mol. The van der Waals surface area contributed by atoms with Crippen molar-refractivity contribution in [1.29, 1.82) is 5.26 Å². The van der Waals surface area contributed by atoms with Crippen molar-refractivity contribution in [1.82, 2.24) is 9.78 Å². The SMILES string of the molecule is CNc1ccc2c(c1)-c1c(c(C(N)=O)nn1-c1cccc(C#N)c1)CC2. The number of carbonyl (C=O) groups is 1. The van der Waals surface area contributed by atoms with Gasteiger partial charge in [0.2, 0.25) is 0 Å². The highest BCUT2D eigenvalue weighted by molar-refractivity contribution is 5.95. The third-order valence-electron chi connectivity index (χ3n) is 4.73. The monoisotopic (exact) mass is 343 g/mol. The number of nitrogens with two attached hydrogens (primary N) is 1. The first-order valence-corrected chi connectivity index (χ1v) is 8.35. The molecule has 0 radical (unpaired) electrons. The molecule has 26 heavy (non-hydrogen) atoms. The number of anilines is 1. The fraction of sp³-hybridized carbons (Fsp3) is 0.150. The molecule has 0 fully saturated rings. The second-order valence-electron chi connectivity index (χ2n) is 6.24. The van der Waals surface area contributed by atoms with Crippen LogP contribution in [0.15, 0.2) is 42.5 Å². The summed E-state index contributed by atoms with van der Waals surface area (Å²) >= 11 is 0. The maximum atomic E-state index is 12.0. The summed E-state index contributed by atoms with van der Waals surface area (Å²) in [6.45, 7) is 0. The lowest BCUT2D eigenvalue weighted by Gasteiger charge is -2.20. The van der Waals surface area contributed by atoms with Crippen LogP contribution >= 0.6 is 0 Å². The molecule has 1 heterocycles. The summed E-state index contributed by atoms with van der Waals surface area (Å²) in [4.78, 5) is 12.0. The number of amides is 1. The molecule has 1 aromatic heterocycles. The van der Waals surface area contributed by atoms with Crippen LogP contribution in [-0.2, 0) is 12.8 Å². The molecule has 0 bridgehead atoms. The second kappa shape index (κ2) is 6.05. The number of nitrogens with one attached hydrogen (secondary N) is 1. The van der Waals surface area contributed by atoms with Gasteiger partial charge in [-0.05, 0) is 48.7 Å². The smallest absolute Gasteiger partial charge is 0.269 e. The number of rotatable bonds is 3. The van der Waals surface area contributed by atoms with Gasteiger partial charge in [0, 0.05) is 23.9 Å². The van der Waals surface area contributed by atoms with Gasteiger partial charge in [0.25, 0.3) is 5.91 Å². The highest BCUT2D eigenvalue weighted by Crippen LogP contribution is 2.38. The van der Waals surface area contributed by atoms with E-state index in [2.05, 4.69) is 28.6 Å². The topological polar surface area (TPSA) is 96.7 Å². The quantitative estimate of drug-likeness (QED) is 0.764. The number of hydrogen-bond donors (Lipinski definition) is 2. The minimum absolute atomic E-state index is 0.294. The molecule has 6 nitrogen and oxygen atoms in total. The summed E-state index contributed by atoms with van der Waals surface area (Å²) in [7, 11) is 1.87. The lowest BCUT2D eigenvalue weighted by molar-refractivity contribution is 0.0994. The summed E-state index contributed by atoms with van der Waals surface area (Å²) in [5, 5.41) is 16.9. The number of hydrogen-bond acceptors (Lipinski definition) is 4. The number of primary amides is 1. The predicted octanol–water partition coefficient (Wildman–Crippen LogP) is 2.65. The normalized spacial score (nSPS) is 12.0. The molecule has 3 aromatic rings. The molecule has 0 spiro atoms. The fourth-order valence-electron chi connectivity index (χ4n) is 3.49. The van der Waals surface area contributed by atoms with Gasteiger partial charge in [-0.3, -0.25) is 4.79 Å². The van der Waals surface area contributed by atoms with Crippen molar-refractivity contribution in [3.05, 3.63) is 64.8 Å². The molecule has 0 saturated carbocycles. The van der Waals surface area contributed by atoms with Crippen LogP contribution in [0.2, 0.25) is 0 Å². The van der Waals surface area contributed by atoms with E-state index in [-0.39, 0.29) is 0 Å². The molecule has 0 saturated heterocycles. The van der Waals surface area contributed by atoms with Gasteiger partial charge in [-0.2, -0.15) is 10.4 Å². The Morgan fingerprint density at radius 1 is 1.27 bits per heavy atom. The van der Waals surface area contributed by atoms with Gasteiger partial charge in [0.05, 0.1) is 23.0 Å². The first-order valence-electron chi connectivity index (χ1n) is 8.35. The molecule has 0 unspecified atom stereocenters. The largest absolute Gasteiger partial charge is 0.388 e. The Balaban J connectivity index is 2.02. The van der Waals surface area contributed by atoms with Crippen molar-refractivity contribution in [3.8, 4) is 23.0 Å². The molecule has 4 rings (SSSR count). The number of aryl methyl sites for hydroxylation is 1.